The lowest BCUT2D eigenvalue weighted by Gasteiger charge is -2.49. The number of rotatable bonds is 3. The second kappa shape index (κ2) is 4.59. The van der Waals surface area contributed by atoms with Crippen molar-refractivity contribution in [2.75, 3.05) is 0 Å². The molecule has 1 fully saturated rings. The highest BCUT2D eigenvalue weighted by molar-refractivity contribution is 5.84. The summed E-state index contributed by atoms with van der Waals surface area (Å²) in [6.07, 6.45) is -5.21. The van der Waals surface area contributed by atoms with Crippen LogP contribution in [-0.4, -0.2) is 45.3 Å². The van der Waals surface area contributed by atoms with Gasteiger partial charge in [-0.05, 0) is 20.8 Å². The Balaban J connectivity index is 2.82. The molecular formula is C11H18F2N2O4. The number of carbonyl (C=O) groups is 2. The summed E-state index contributed by atoms with van der Waals surface area (Å²) < 4.78 is 25.9. The van der Waals surface area contributed by atoms with E-state index in [-0.39, 0.29) is 0 Å². The van der Waals surface area contributed by atoms with Crippen molar-refractivity contribution in [1.82, 2.24) is 10.6 Å². The Morgan fingerprint density at radius 2 is 1.74 bits per heavy atom. The van der Waals surface area contributed by atoms with E-state index in [1.807, 2.05) is 5.32 Å². The van der Waals surface area contributed by atoms with Crippen molar-refractivity contribution in [1.29, 1.82) is 0 Å². The van der Waals surface area contributed by atoms with E-state index in [2.05, 4.69) is 5.32 Å². The molecule has 6 nitrogen and oxygen atoms in total. The number of amides is 2. The normalized spacial score (nSPS) is 22.0. The van der Waals surface area contributed by atoms with Crippen molar-refractivity contribution in [2.24, 2.45) is 0 Å². The molecule has 0 radical (unpaired) electrons. The summed E-state index contributed by atoms with van der Waals surface area (Å²) in [6.45, 7) is 4.97. The highest BCUT2D eigenvalue weighted by atomic mass is 19.3. The molecule has 2 amide bonds. The smallest absolute Gasteiger partial charge is 0.405 e. The molecule has 1 aliphatic rings. The van der Waals surface area contributed by atoms with E-state index in [9.17, 15) is 23.5 Å². The topological polar surface area (TPSA) is 98.7 Å². The van der Waals surface area contributed by atoms with E-state index in [1.54, 1.807) is 20.8 Å². The number of carbonyl (C=O) groups excluding carboxylic acids is 1. The van der Waals surface area contributed by atoms with Crippen LogP contribution in [0, 0.1) is 0 Å². The summed E-state index contributed by atoms with van der Waals surface area (Å²) in [5.41, 5.74) is -2.49. The van der Waals surface area contributed by atoms with Gasteiger partial charge in [0.1, 0.15) is 0 Å². The van der Waals surface area contributed by atoms with Crippen molar-refractivity contribution in [2.45, 2.75) is 56.7 Å². The molecule has 110 valence electrons. The van der Waals surface area contributed by atoms with Crippen LogP contribution in [0.4, 0.5) is 13.6 Å². The number of nitrogens with one attached hydrogen (secondary N) is 2. The summed E-state index contributed by atoms with van der Waals surface area (Å²) in [6, 6.07) is 0. The Hall–Kier alpha value is -1.44. The lowest BCUT2D eigenvalue weighted by molar-refractivity contribution is -0.174. The molecule has 8 heteroatoms. The largest absolute Gasteiger partial charge is 0.465 e. The Morgan fingerprint density at radius 3 is 2.05 bits per heavy atom. The molecule has 0 heterocycles. The van der Waals surface area contributed by atoms with Crippen LogP contribution >= 0.6 is 0 Å². The van der Waals surface area contributed by atoms with Crippen LogP contribution in [0.25, 0.3) is 0 Å². The summed E-state index contributed by atoms with van der Waals surface area (Å²) in [4.78, 5) is 22.4. The van der Waals surface area contributed by atoms with Gasteiger partial charge in [-0.15, -0.1) is 0 Å². The number of aliphatic hydroxyl groups excluding tert-OH is 1. The lowest BCUT2D eigenvalue weighted by Crippen LogP contribution is -2.71. The first kappa shape index (κ1) is 15.6. The van der Waals surface area contributed by atoms with Crippen LogP contribution in [0.5, 0.6) is 0 Å². The van der Waals surface area contributed by atoms with E-state index in [4.69, 9.17) is 5.11 Å². The van der Waals surface area contributed by atoms with Crippen molar-refractivity contribution in [3.63, 3.8) is 0 Å². The van der Waals surface area contributed by atoms with Gasteiger partial charge < -0.3 is 20.8 Å². The second-order valence-electron chi connectivity index (χ2n) is 5.94. The quantitative estimate of drug-likeness (QED) is 0.611. The third kappa shape index (κ3) is 3.76. The van der Waals surface area contributed by atoms with E-state index < -0.39 is 47.9 Å². The molecule has 4 N–H and O–H groups in total. The molecule has 1 rings (SSSR count). The van der Waals surface area contributed by atoms with E-state index in [1.165, 1.54) is 0 Å². The minimum atomic E-state index is -3.08. The van der Waals surface area contributed by atoms with Crippen LogP contribution in [0.2, 0.25) is 0 Å². The molecule has 1 atom stereocenters. The zero-order valence-corrected chi connectivity index (χ0v) is 11.0. The van der Waals surface area contributed by atoms with Gasteiger partial charge in [0, 0.05) is 18.4 Å². The fraction of sp³-hybridized carbons (Fsp3) is 0.818. The predicted octanol–water partition coefficient (Wildman–Crippen LogP) is 0.697. The van der Waals surface area contributed by atoms with Crippen LogP contribution in [-0.2, 0) is 4.79 Å². The highest BCUT2D eigenvalue weighted by Crippen LogP contribution is 2.47. The number of carboxylic acid groups (broad SMARTS) is 1. The zero-order chi connectivity index (χ0) is 15.1. The van der Waals surface area contributed by atoms with E-state index in [0.29, 0.717) is 0 Å². The van der Waals surface area contributed by atoms with Gasteiger partial charge in [0.2, 0.25) is 0 Å². The summed E-state index contributed by atoms with van der Waals surface area (Å²) in [7, 11) is 0. The monoisotopic (exact) mass is 280 g/mol. The molecule has 19 heavy (non-hydrogen) atoms. The molecule has 0 aromatic rings. The molecule has 0 spiro atoms. The lowest BCUT2D eigenvalue weighted by atomic mass is 9.69. The van der Waals surface area contributed by atoms with Gasteiger partial charge >= 0.3 is 6.09 Å². The standard InChI is InChI=1S/C11H18F2N2O4/c1-9(2,3)14-7(17)6(16)10(15-8(18)19)4-11(12,13)5-10/h6,15-16H,4-5H2,1-3H3,(H,14,17)(H,18,19). The highest BCUT2D eigenvalue weighted by Gasteiger charge is 2.62. The Morgan fingerprint density at radius 1 is 1.26 bits per heavy atom. The van der Waals surface area contributed by atoms with E-state index in [0.717, 1.165) is 0 Å². The number of aliphatic hydroxyl groups is 1. The molecule has 0 aromatic carbocycles. The van der Waals surface area contributed by atoms with Crippen molar-refractivity contribution in [3.8, 4) is 0 Å². The van der Waals surface area contributed by atoms with Gasteiger partial charge in [0.15, 0.2) is 6.10 Å². The van der Waals surface area contributed by atoms with Gasteiger partial charge in [-0.25, -0.2) is 13.6 Å². The number of halogens is 2. The maximum atomic E-state index is 13.0. The fourth-order valence-corrected chi connectivity index (χ4v) is 2.12. The van der Waals surface area contributed by atoms with E-state index >= 15 is 0 Å². The van der Waals surface area contributed by atoms with Crippen LogP contribution in [0.3, 0.4) is 0 Å². The number of alkyl halides is 2. The van der Waals surface area contributed by atoms with Crippen molar-refractivity contribution < 1.29 is 28.6 Å². The van der Waals surface area contributed by atoms with Gasteiger partial charge in [0.05, 0.1) is 5.54 Å². The average molecular weight is 280 g/mol. The fourth-order valence-electron chi connectivity index (χ4n) is 2.12. The molecule has 0 aliphatic heterocycles. The Bertz CT molecular complexity index is 385. The maximum Gasteiger partial charge on any atom is 0.405 e. The third-order valence-corrected chi connectivity index (χ3v) is 2.77. The molecule has 0 saturated heterocycles. The first-order chi connectivity index (χ1) is 8.37. The van der Waals surface area contributed by atoms with Crippen LogP contribution < -0.4 is 10.6 Å². The Labute approximate surface area is 109 Å². The first-order valence-corrected chi connectivity index (χ1v) is 5.76. The summed E-state index contributed by atoms with van der Waals surface area (Å²) in [5.74, 6) is -3.96. The Kier molecular flexibility index (Phi) is 3.77. The number of hydrogen-bond donors (Lipinski definition) is 4. The summed E-state index contributed by atoms with van der Waals surface area (Å²) >= 11 is 0. The molecular weight excluding hydrogens is 262 g/mol. The SMILES string of the molecule is CC(C)(C)NC(=O)C(O)C1(NC(=O)O)CC(F)(F)C1. The first-order valence-electron chi connectivity index (χ1n) is 5.76. The minimum absolute atomic E-state index is 0.658. The van der Waals surface area contributed by atoms with Gasteiger partial charge in [0.25, 0.3) is 11.8 Å². The van der Waals surface area contributed by atoms with Gasteiger partial charge in [-0.1, -0.05) is 0 Å². The van der Waals surface area contributed by atoms with Crippen LogP contribution in [0.1, 0.15) is 33.6 Å². The maximum absolute atomic E-state index is 13.0. The predicted molar refractivity (Wildman–Crippen MR) is 62.0 cm³/mol. The van der Waals surface area contributed by atoms with Crippen LogP contribution in [0.15, 0.2) is 0 Å². The zero-order valence-electron chi connectivity index (χ0n) is 11.0. The average Bonchev–Trinajstić information content (AvgIpc) is 2.09. The molecule has 1 unspecified atom stereocenters. The molecule has 1 aliphatic carbocycles. The third-order valence-electron chi connectivity index (χ3n) is 2.77. The molecule has 0 bridgehead atoms. The van der Waals surface area contributed by atoms with Crippen molar-refractivity contribution in [3.05, 3.63) is 0 Å². The summed E-state index contributed by atoms with van der Waals surface area (Å²) in [5, 5.41) is 22.8. The van der Waals surface area contributed by atoms with Gasteiger partial charge in [-0.2, -0.15) is 0 Å². The second-order valence-corrected chi connectivity index (χ2v) is 5.94. The van der Waals surface area contributed by atoms with Crippen molar-refractivity contribution >= 4 is 12.0 Å². The molecule has 0 aromatic heterocycles. The number of hydrogen-bond acceptors (Lipinski definition) is 3. The van der Waals surface area contributed by atoms with Gasteiger partial charge in [-0.3, -0.25) is 4.79 Å². The minimum Gasteiger partial charge on any atom is -0.465 e. The molecule has 1 saturated carbocycles.